The van der Waals surface area contributed by atoms with Crippen LogP contribution in [0.15, 0.2) is 55.1 Å². The molecule has 0 aliphatic rings. The fourth-order valence-corrected chi connectivity index (χ4v) is 1.87. The Hall–Kier alpha value is -2.02. The third-order valence-corrected chi connectivity index (χ3v) is 2.64. The van der Waals surface area contributed by atoms with E-state index in [1.165, 1.54) is 5.56 Å². The Kier molecular flexibility index (Phi) is 3.61. The molecule has 2 rings (SSSR count). The van der Waals surface area contributed by atoms with Gasteiger partial charge in [0, 0.05) is 11.1 Å². The standard InChI is InChI=1S/C16H16O/c1-3-13-11-8-12-15(16(13)17-4-2)14-9-6-5-7-10-14/h3,5-12H,1,4H2,2H3. The van der Waals surface area contributed by atoms with Crippen molar-refractivity contribution in [3.63, 3.8) is 0 Å². The first-order valence-electron chi connectivity index (χ1n) is 5.80. The van der Waals surface area contributed by atoms with Crippen LogP contribution in [0.25, 0.3) is 17.2 Å². The molecule has 0 aliphatic heterocycles. The molecule has 86 valence electrons. The molecule has 1 nitrogen and oxygen atoms in total. The van der Waals surface area contributed by atoms with E-state index in [0.717, 1.165) is 16.9 Å². The highest BCUT2D eigenvalue weighted by Crippen LogP contribution is 2.33. The average Bonchev–Trinajstić information content (AvgIpc) is 2.40. The molecule has 0 fully saturated rings. The molecule has 0 unspecified atom stereocenters. The van der Waals surface area contributed by atoms with Crippen LogP contribution in [0.5, 0.6) is 5.75 Å². The van der Waals surface area contributed by atoms with Crippen LogP contribution in [0.3, 0.4) is 0 Å². The highest BCUT2D eigenvalue weighted by molar-refractivity contribution is 5.76. The Balaban J connectivity index is 2.57. The highest BCUT2D eigenvalue weighted by atomic mass is 16.5. The summed E-state index contributed by atoms with van der Waals surface area (Å²) in [5, 5.41) is 0. The zero-order valence-corrected chi connectivity index (χ0v) is 10.0. The van der Waals surface area contributed by atoms with Crippen LogP contribution in [-0.2, 0) is 0 Å². The lowest BCUT2D eigenvalue weighted by atomic mass is 10.0. The van der Waals surface area contributed by atoms with Crippen LogP contribution in [0.1, 0.15) is 12.5 Å². The van der Waals surface area contributed by atoms with Crippen molar-refractivity contribution in [2.45, 2.75) is 6.92 Å². The van der Waals surface area contributed by atoms with E-state index < -0.39 is 0 Å². The Labute approximate surface area is 102 Å². The Morgan fingerprint density at radius 2 is 1.82 bits per heavy atom. The van der Waals surface area contributed by atoms with Gasteiger partial charge in [0.1, 0.15) is 5.75 Å². The Bertz CT molecular complexity index is 500. The van der Waals surface area contributed by atoms with Gasteiger partial charge in [-0.2, -0.15) is 0 Å². The van der Waals surface area contributed by atoms with Crippen LogP contribution in [-0.4, -0.2) is 6.61 Å². The molecule has 17 heavy (non-hydrogen) atoms. The second kappa shape index (κ2) is 5.35. The fraction of sp³-hybridized carbons (Fsp3) is 0.125. The molecular weight excluding hydrogens is 208 g/mol. The van der Waals surface area contributed by atoms with Crippen LogP contribution in [0, 0.1) is 0 Å². The van der Waals surface area contributed by atoms with Gasteiger partial charge in [-0.25, -0.2) is 0 Å². The van der Waals surface area contributed by atoms with Gasteiger partial charge in [-0.3, -0.25) is 0 Å². The van der Waals surface area contributed by atoms with Gasteiger partial charge in [-0.1, -0.05) is 61.2 Å². The van der Waals surface area contributed by atoms with E-state index in [-0.39, 0.29) is 0 Å². The summed E-state index contributed by atoms with van der Waals surface area (Å²) in [6.07, 6.45) is 1.83. The molecule has 0 atom stereocenters. The molecule has 0 bridgehead atoms. The summed E-state index contributed by atoms with van der Waals surface area (Å²) in [5.74, 6) is 0.913. The van der Waals surface area contributed by atoms with Gasteiger partial charge in [0.25, 0.3) is 0 Å². The van der Waals surface area contributed by atoms with E-state index in [1.54, 1.807) is 0 Å². The molecule has 2 aromatic rings. The second-order valence-electron chi connectivity index (χ2n) is 3.73. The molecule has 0 radical (unpaired) electrons. The zero-order valence-electron chi connectivity index (χ0n) is 10.0. The lowest BCUT2D eigenvalue weighted by Crippen LogP contribution is -1.96. The van der Waals surface area contributed by atoms with Crippen molar-refractivity contribution in [2.24, 2.45) is 0 Å². The Morgan fingerprint density at radius 1 is 1.06 bits per heavy atom. The van der Waals surface area contributed by atoms with E-state index in [4.69, 9.17) is 4.74 Å². The Morgan fingerprint density at radius 3 is 2.47 bits per heavy atom. The number of ether oxygens (including phenoxy) is 1. The average molecular weight is 224 g/mol. The maximum absolute atomic E-state index is 5.74. The zero-order chi connectivity index (χ0) is 12.1. The van der Waals surface area contributed by atoms with Gasteiger partial charge >= 0.3 is 0 Å². The summed E-state index contributed by atoms with van der Waals surface area (Å²) in [6, 6.07) is 16.4. The summed E-state index contributed by atoms with van der Waals surface area (Å²) < 4.78 is 5.74. The molecule has 2 aromatic carbocycles. The van der Waals surface area contributed by atoms with Crippen molar-refractivity contribution in [1.82, 2.24) is 0 Å². The molecular formula is C16H16O. The third kappa shape index (κ3) is 2.39. The smallest absolute Gasteiger partial charge is 0.134 e. The minimum Gasteiger partial charge on any atom is -0.493 e. The van der Waals surface area contributed by atoms with E-state index in [1.807, 2.05) is 43.3 Å². The maximum Gasteiger partial charge on any atom is 0.134 e. The number of hydrogen-bond acceptors (Lipinski definition) is 1. The second-order valence-corrected chi connectivity index (χ2v) is 3.73. The molecule has 0 spiro atoms. The van der Waals surface area contributed by atoms with Crippen molar-refractivity contribution < 1.29 is 4.74 Å². The van der Waals surface area contributed by atoms with Crippen molar-refractivity contribution in [3.8, 4) is 16.9 Å². The third-order valence-electron chi connectivity index (χ3n) is 2.64. The van der Waals surface area contributed by atoms with Crippen molar-refractivity contribution in [1.29, 1.82) is 0 Å². The van der Waals surface area contributed by atoms with Crippen LogP contribution < -0.4 is 4.74 Å². The molecule has 0 saturated carbocycles. The molecule has 0 saturated heterocycles. The van der Waals surface area contributed by atoms with Gasteiger partial charge in [0.2, 0.25) is 0 Å². The number of benzene rings is 2. The van der Waals surface area contributed by atoms with Crippen LogP contribution in [0.4, 0.5) is 0 Å². The van der Waals surface area contributed by atoms with Gasteiger partial charge in [0.15, 0.2) is 0 Å². The summed E-state index contributed by atoms with van der Waals surface area (Å²) in [7, 11) is 0. The largest absolute Gasteiger partial charge is 0.493 e. The predicted molar refractivity (Wildman–Crippen MR) is 73.1 cm³/mol. The summed E-state index contributed by atoms with van der Waals surface area (Å²) >= 11 is 0. The molecule has 1 heteroatoms. The van der Waals surface area contributed by atoms with E-state index in [2.05, 4.69) is 24.8 Å². The lowest BCUT2D eigenvalue weighted by molar-refractivity contribution is 0.341. The monoisotopic (exact) mass is 224 g/mol. The van der Waals surface area contributed by atoms with Crippen LogP contribution >= 0.6 is 0 Å². The molecule has 0 amide bonds. The van der Waals surface area contributed by atoms with E-state index >= 15 is 0 Å². The SMILES string of the molecule is C=Cc1cccc(-c2ccccc2)c1OCC. The molecule has 0 aliphatic carbocycles. The quantitative estimate of drug-likeness (QED) is 0.748. The van der Waals surface area contributed by atoms with Gasteiger partial charge in [-0.05, 0) is 12.5 Å². The topological polar surface area (TPSA) is 9.23 Å². The summed E-state index contributed by atoms with van der Waals surface area (Å²) in [4.78, 5) is 0. The molecule has 0 heterocycles. The first kappa shape index (κ1) is 11.5. The molecule has 0 N–H and O–H groups in total. The van der Waals surface area contributed by atoms with Gasteiger partial charge < -0.3 is 4.74 Å². The fourth-order valence-electron chi connectivity index (χ4n) is 1.87. The normalized spacial score (nSPS) is 9.94. The maximum atomic E-state index is 5.74. The summed E-state index contributed by atoms with van der Waals surface area (Å²) in [5.41, 5.74) is 3.32. The minimum atomic E-state index is 0.657. The van der Waals surface area contributed by atoms with E-state index in [0.29, 0.717) is 6.61 Å². The van der Waals surface area contributed by atoms with Crippen LogP contribution in [0.2, 0.25) is 0 Å². The number of hydrogen-bond donors (Lipinski definition) is 0. The van der Waals surface area contributed by atoms with Crippen molar-refractivity contribution in [3.05, 3.63) is 60.7 Å². The molecule has 0 aromatic heterocycles. The highest BCUT2D eigenvalue weighted by Gasteiger charge is 2.08. The predicted octanol–water partition coefficient (Wildman–Crippen LogP) is 4.40. The van der Waals surface area contributed by atoms with E-state index in [9.17, 15) is 0 Å². The van der Waals surface area contributed by atoms with Gasteiger partial charge in [0.05, 0.1) is 6.61 Å². The van der Waals surface area contributed by atoms with Crippen molar-refractivity contribution >= 4 is 6.08 Å². The van der Waals surface area contributed by atoms with Crippen molar-refractivity contribution in [2.75, 3.05) is 6.61 Å². The van der Waals surface area contributed by atoms with Gasteiger partial charge in [-0.15, -0.1) is 0 Å². The number of para-hydroxylation sites is 1. The summed E-state index contributed by atoms with van der Waals surface area (Å²) in [6.45, 7) is 6.48. The minimum absolute atomic E-state index is 0.657. The first-order valence-corrected chi connectivity index (χ1v) is 5.80. The number of rotatable bonds is 4. The first-order chi connectivity index (χ1) is 8.36. The lowest BCUT2D eigenvalue weighted by Gasteiger charge is -2.13.